The maximum absolute atomic E-state index is 14.4. The first-order valence-corrected chi connectivity index (χ1v) is 6.48. The normalized spacial score (nSPS) is 16.2. The van der Waals surface area contributed by atoms with Gasteiger partial charge < -0.3 is 9.47 Å². The van der Waals surface area contributed by atoms with Crippen molar-refractivity contribution in [1.82, 2.24) is 0 Å². The van der Waals surface area contributed by atoms with Crippen LogP contribution in [0.15, 0.2) is 24.3 Å². The molecule has 0 aromatic heterocycles. The second-order valence-electron chi connectivity index (χ2n) is 5.01. The molecule has 0 amide bonds. The monoisotopic (exact) mass is 424 g/mol. The molecular weight excluding hydrogens is 416 g/mol. The minimum absolute atomic E-state index is 0.127. The Morgan fingerprint density at radius 3 is 1.33 bits per heavy atom. The van der Waals surface area contributed by atoms with Crippen LogP contribution in [0, 0.1) is 5.92 Å². The SMILES string of the molecule is COc1ccc(OC(F)(C(C(F)(F)F)C(F)(F)F)C(F)(F)C(F)(F)F)cc1. The van der Waals surface area contributed by atoms with Crippen LogP contribution in [-0.4, -0.2) is 37.4 Å². The summed E-state index contributed by atoms with van der Waals surface area (Å²) in [5.41, 5.74) is 0. The molecule has 1 aromatic carbocycles. The number of hydrogen-bond acceptors (Lipinski definition) is 2. The summed E-state index contributed by atoms with van der Waals surface area (Å²) in [4.78, 5) is 0. The molecule has 1 unspecified atom stereocenters. The number of benzene rings is 1. The molecule has 0 aliphatic rings. The first-order valence-electron chi connectivity index (χ1n) is 6.48. The molecule has 156 valence electrons. The molecule has 0 saturated heterocycles. The molecule has 0 bridgehead atoms. The van der Waals surface area contributed by atoms with E-state index in [2.05, 4.69) is 9.47 Å². The quantitative estimate of drug-likeness (QED) is 0.567. The van der Waals surface area contributed by atoms with Gasteiger partial charge in [-0.05, 0) is 24.3 Å². The second-order valence-corrected chi connectivity index (χ2v) is 5.01. The minimum Gasteiger partial charge on any atom is -0.497 e. The Labute approximate surface area is 142 Å². The molecule has 0 saturated carbocycles. The Kier molecular flexibility index (Phi) is 5.84. The predicted octanol–water partition coefficient (Wildman–Crippen LogP) is 5.68. The third kappa shape index (κ3) is 4.46. The van der Waals surface area contributed by atoms with Crippen LogP contribution in [0.5, 0.6) is 11.5 Å². The summed E-state index contributed by atoms with van der Waals surface area (Å²) in [6.07, 6.45) is -20.9. The van der Waals surface area contributed by atoms with Crippen LogP contribution in [0.3, 0.4) is 0 Å². The van der Waals surface area contributed by atoms with Gasteiger partial charge in [0.2, 0.25) is 5.92 Å². The zero-order valence-corrected chi connectivity index (χ0v) is 12.7. The largest absolute Gasteiger partial charge is 0.497 e. The number of hydrogen-bond donors (Lipinski definition) is 0. The Hall–Kier alpha value is -2.02. The van der Waals surface area contributed by atoms with Crippen LogP contribution >= 0.6 is 0 Å². The zero-order chi connectivity index (χ0) is 21.5. The molecule has 2 nitrogen and oxygen atoms in total. The van der Waals surface area contributed by atoms with Gasteiger partial charge in [-0.15, -0.1) is 0 Å². The van der Waals surface area contributed by atoms with E-state index in [1.54, 1.807) is 0 Å². The van der Waals surface area contributed by atoms with E-state index >= 15 is 0 Å². The summed E-state index contributed by atoms with van der Waals surface area (Å²) in [6, 6.07) is 2.14. The van der Waals surface area contributed by atoms with E-state index in [1.807, 2.05) is 0 Å². The van der Waals surface area contributed by atoms with Gasteiger partial charge >= 0.3 is 30.3 Å². The van der Waals surface area contributed by atoms with E-state index < -0.39 is 42.0 Å². The van der Waals surface area contributed by atoms with Crippen molar-refractivity contribution in [2.75, 3.05) is 7.11 Å². The van der Waals surface area contributed by atoms with Gasteiger partial charge in [-0.3, -0.25) is 0 Å². The number of ether oxygens (including phenoxy) is 2. The summed E-state index contributed by atoms with van der Waals surface area (Å²) in [5, 5.41) is 0. The number of methoxy groups -OCH3 is 1. The van der Waals surface area contributed by atoms with Gasteiger partial charge in [0.15, 0.2) is 0 Å². The average Bonchev–Trinajstić information content (AvgIpc) is 2.43. The van der Waals surface area contributed by atoms with E-state index in [9.17, 15) is 52.7 Å². The topological polar surface area (TPSA) is 18.5 Å². The summed E-state index contributed by atoms with van der Waals surface area (Å²) < 4.78 is 163. The summed E-state index contributed by atoms with van der Waals surface area (Å²) >= 11 is 0. The van der Waals surface area contributed by atoms with Gasteiger partial charge in [0, 0.05) is 0 Å². The van der Waals surface area contributed by atoms with E-state index in [-0.39, 0.29) is 5.75 Å². The van der Waals surface area contributed by atoms with Crippen molar-refractivity contribution in [3.8, 4) is 11.5 Å². The third-order valence-corrected chi connectivity index (χ3v) is 3.14. The number of alkyl halides is 12. The van der Waals surface area contributed by atoms with Crippen LogP contribution in [0.25, 0.3) is 0 Å². The second kappa shape index (κ2) is 6.86. The van der Waals surface area contributed by atoms with Gasteiger partial charge in [0.25, 0.3) is 0 Å². The summed E-state index contributed by atoms with van der Waals surface area (Å²) in [5.74, 6) is -21.2. The lowest BCUT2D eigenvalue weighted by atomic mass is 9.92. The smallest absolute Gasteiger partial charge is 0.460 e. The maximum atomic E-state index is 14.4. The Bertz CT molecular complexity index is 617. The Morgan fingerprint density at radius 1 is 0.667 bits per heavy atom. The van der Waals surface area contributed by atoms with Crippen LogP contribution in [0.2, 0.25) is 0 Å². The number of halogens is 12. The first kappa shape index (κ1) is 23.0. The fourth-order valence-electron chi connectivity index (χ4n) is 1.92. The van der Waals surface area contributed by atoms with Gasteiger partial charge in [0.05, 0.1) is 7.11 Å². The molecular formula is C13H8F12O2. The highest BCUT2D eigenvalue weighted by molar-refractivity contribution is 5.32. The van der Waals surface area contributed by atoms with Crippen molar-refractivity contribution < 1.29 is 62.2 Å². The highest BCUT2D eigenvalue weighted by Gasteiger charge is 2.84. The molecule has 0 N–H and O–H groups in total. The Balaban J connectivity index is 3.65. The average molecular weight is 424 g/mol. The zero-order valence-electron chi connectivity index (χ0n) is 12.7. The summed E-state index contributed by atoms with van der Waals surface area (Å²) in [6.45, 7) is 0. The van der Waals surface area contributed by atoms with Crippen molar-refractivity contribution >= 4 is 0 Å². The molecule has 27 heavy (non-hydrogen) atoms. The van der Waals surface area contributed by atoms with Gasteiger partial charge in [0.1, 0.15) is 11.5 Å². The molecule has 14 heteroatoms. The van der Waals surface area contributed by atoms with Gasteiger partial charge in [-0.1, -0.05) is 0 Å². The van der Waals surface area contributed by atoms with Crippen molar-refractivity contribution in [1.29, 1.82) is 0 Å². The van der Waals surface area contributed by atoms with E-state index in [1.165, 1.54) is 0 Å². The van der Waals surface area contributed by atoms with E-state index in [0.717, 1.165) is 19.2 Å². The van der Waals surface area contributed by atoms with Gasteiger partial charge in [-0.2, -0.15) is 52.7 Å². The molecule has 0 spiro atoms. The summed E-state index contributed by atoms with van der Waals surface area (Å²) in [7, 11) is 1.05. The third-order valence-electron chi connectivity index (χ3n) is 3.14. The van der Waals surface area contributed by atoms with Crippen LogP contribution in [0.4, 0.5) is 52.7 Å². The minimum atomic E-state index is -7.18. The molecule has 1 atom stereocenters. The molecule has 1 rings (SSSR count). The fourth-order valence-corrected chi connectivity index (χ4v) is 1.92. The molecule has 0 fully saturated rings. The maximum Gasteiger partial charge on any atom is 0.460 e. The van der Waals surface area contributed by atoms with E-state index in [4.69, 9.17) is 0 Å². The molecule has 0 aliphatic heterocycles. The van der Waals surface area contributed by atoms with E-state index in [0.29, 0.717) is 12.1 Å². The van der Waals surface area contributed by atoms with Crippen molar-refractivity contribution in [3.05, 3.63) is 24.3 Å². The lowest BCUT2D eigenvalue weighted by Gasteiger charge is -2.40. The van der Waals surface area contributed by atoms with Crippen LogP contribution < -0.4 is 9.47 Å². The van der Waals surface area contributed by atoms with Crippen LogP contribution in [0.1, 0.15) is 0 Å². The Morgan fingerprint density at radius 2 is 1.04 bits per heavy atom. The fraction of sp³-hybridized carbons (Fsp3) is 0.538. The lowest BCUT2D eigenvalue weighted by Crippen LogP contribution is -2.67. The lowest BCUT2D eigenvalue weighted by molar-refractivity contribution is -0.430. The van der Waals surface area contributed by atoms with Crippen molar-refractivity contribution in [3.63, 3.8) is 0 Å². The van der Waals surface area contributed by atoms with Crippen molar-refractivity contribution in [2.45, 2.75) is 30.3 Å². The van der Waals surface area contributed by atoms with Gasteiger partial charge in [-0.25, -0.2) is 0 Å². The molecule has 1 aromatic rings. The molecule has 0 radical (unpaired) electrons. The molecule has 0 heterocycles. The highest BCUT2D eigenvalue weighted by Crippen LogP contribution is 2.57. The highest BCUT2D eigenvalue weighted by atomic mass is 19.4. The van der Waals surface area contributed by atoms with Crippen molar-refractivity contribution in [2.24, 2.45) is 5.92 Å². The molecule has 0 aliphatic carbocycles. The number of rotatable bonds is 5. The predicted molar refractivity (Wildman–Crippen MR) is 64.1 cm³/mol. The van der Waals surface area contributed by atoms with Crippen LogP contribution in [-0.2, 0) is 0 Å². The standard InChI is InChI=1S/C13H8F12O2/c1-26-6-2-4-7(5-3-6)27-9(14,12(21,22)13(23,24)25)8(10(15,16)17)11(18,19)20/h2-5,8H,1H3. The first-order chi connectivity index (χ1) is 11.9.